The van der Waals surface area contributed by atoms with Crippen LogP contribution in [0.25, 0.3) is 55.2 Å². The number of rotatable bonds is 21. The molecule has 404 valence electrons. The number of halogens is 5. The van der Waals surface area contributed by atoms with E-state index in [-0.39, 0.29) is 5.75 Å². The van der Waals surface area contributed by atoms with Gasteiger partial charge < -0.3 is 34.8 Å². The van der Waals surface area contributed by atoms with Gasteiger partial charge in [0.15, 0.2) is 0 Å². The molecule has 13 nitrogen and oxygen atoms in total. The summed E-state index contributed by atoms with van der Waals surface area (Å²) in [5, 5.41) is 3.61. The molecule has 8 aromatic rings. The molecule has 0 radical (unpaired) electrons. The Hall–Kier alpha value is -6.21. The minimum Gasteiger partial charge on any atom is -0.492 e. The molecular weight excluding hydrogens is 1020 g/mol. The first-order valence-corrected chi connectivity index (χ1v) is 27.1. The lowest BCUT2D eigenvalue weighted by molar-refractivity contribution is -0.274. The van der Waals surface area contributed by atoms with Crippen LogP contribution in [0.15, 0.2) is 122 Å². The van der Waals surface area contributed by atoms with E-state index in [1.54, 1.807) is 19.2 Å². The van der Waals surface area contributed by atoms with Crippen molar-refractivity contribution in [1.82, 2.24) is 38.7 Å². The summed E-state index contributed by atoms with van der Waals surface area (Å²) >= 11 is 13.7. The van der Waals surface area contributed by atoms with Gasteiger partial charge in [0.1, 0.15) is 18.1 Å². The van der Waals surface area contributed by atoms with E-state index < -0.39 is 6.36 Å². The number of piperazine rings is 2. The fraction of sp³-hybridized carbons (Fsp3) is 0.356. The highest BCUT2D eigenvalue weighted by Crippen LogP contribution is 2.38. The number of nitrogens with two attached hydrogens (primary N) is 2. The number of ether oxygens (including phenoxy) is 3. The topological polar surface area (TPSA) is 128 Å². The van der Waals surface area contributed by atoms with Crippen LogP contribution in [0.1, 0.15) is 29.5 Å². The molecule has 2 aliphatic rings. The zero-order valence-electron chi connectivity index (χ0n) is 43.3. The Morgan fingerprint density at radius 2 is 1.23 bits per heavy atom. The molecule has 2 fully saturated rings. The van der Waals surface area contributed by atoms with Gasteiger partial charge in [-0.15, -0.1) is 13.2 Å². The highest BCUT2D eigenvalue weighted by molar-refractivity contribution is 6.32. The van der Waals surface area contributed by atoms with E-state index in [0.29, 0.717) is 35.8 Å². The maximum Gasteiger partial charge on any atom is 0.573 e. The first-order valence-electron chi connectivity index (χ1n) is 26.4. The maximum absolute atomic E-state index is 12.9. The smallest absolute Gasteiger partial charge is 0.492 e. The summed E-state index contributed by atoms with van der Waals surface area (Å²) < 4.78 is 59.1. The van der Waals surface area contributed by atoms with Crippen molar-refractivity contribution in [3.63, 3.8) is 0 Å². The van der Waals surface area contributed by atoms with Crippen molar-refractivity contribution in [3.05, 3.63) is 149 Å². The van der Waals surface area contributed by atoms with Gasteiger partial charge in [-0.1, -0.05) is 65.7 Å². The van der Waals surface area contributed by atoms with Crippen LogP contribution >= 0.6 is 23.2 Å². The van der Waals surface area contributed by atoms with Crippen LogP contribution in [-0.4, -0.2) is 131 Å². The number of hydrogen-bond donors (Lipinski definition) is 2. The van der Waals surface area contributed by atoms with Crippen molar-refractivity contribution in [2.45, 2.75) is 51.9 Å². The van der Waals surface area contributed by atoms with Gasteiger partial charge >= 0.3 is 12.4 Å². The SMILES string of the molecule is COc1ncc(-c2cn(CCCN)c3ccc(CN4CCN(Cc5ccc(-c6cc(Cl)ccc6OCCN6CCN(Cc7cccc8c7c(-c7ccc(OC(F)(F)F)cc7)cn8CCCN)CC6)cc5Cl)CC4)cc23)cn1. The molecule has 0 saturated carbocycles. The lowest BCUT2D eigenvalue weighted by atomic mass is 10.00. The number of fused-ring (bicyclic) bond motifs is 2. The summed E-state index contributed by atoms with van der Waals surface area (Å²) in [6, 6.07) is 31.6. The number of alkyl halides is 3. The van der Waals surface area contributed by atoms with Crippen molar-refractivity contribution in [2.75, 3.05) is 85.7 Å². The lowest BCUT2D eigenvalue weighted by Crippen LogP contribution is -2.47. The van der Waals surface area contributed by atoms with Crippen LogP contribution in [0.4, 0.5) is 13.2 Å². The molecule has 5 aromatic carbocycles. The van der Waals surface area contributed by atoms with Crippen LogP contribution in [0, 0.1) is 0 Å². The highest BCUT2D eigenvalue weighted by atomic mass is 35.5. The lowest BCUT2D eigenvalue weighted by Gasteiger charge is -2.35. The second kappa shape index (κ2) is 24.6. The molecule has 18 heteroatoms. The molecule has 0 bridgehead atoms. The molecule has 3 aromatic heterocycles. The predicted molar refractivity (Wildman–Crippen MR) is 301 cm³/mol. The van der Waals surface area contributed by atoms with Gasteiger partial charge in [0.05, 0.1) is 7.11 Å². The van der Waals surface area contributed by atoms with Gasteiger partial charge in [0.2, 0.25) is 0 Å². The van der Waals surface area contributed by atoms with Crippen LogP contribution in [0.3, 0.4) is 0 Å². The Balaban J connectivity index is 0.722. The number of aromatic nitrogens is 4. The average Bonchev–Trinajstić information content (AvgIpc) is 4.00. The molecule has 0 amide bonds. The van der Waals surface area contributed by atoms with E-state index in [2.05, 4.69) is 104 Å². The standard InChI is InChI=1S/C59H65Cl2F3N10O3/c1-75-58-67-34-46(35-68-58)51-39-73(19-3-17-65)54-15-7-41(31-50(51)54)36-70-25-27-71(28-26-70)37-44-9-8-43(32-53(44)61)49-33-47(60)12-16-56(49)76-30-29-69-21-23-72(24-22-69)38-45-5-2-6-55-57(45)52(40-74(55)20-4-18-66)42-10-13-48(14-11-42)77-59(62,63)64/h2,5-16,31-35,39-40H,3-4,17-30,36-38,65-66H2,1H3. The zero-order chi connectivity index (χ0) is 53.5. The van der Waals surface area contributed by atoms with Gasteiger partial charge in [-0.25, -0.2) is 9.97 Å². The fourth-order valence-corrected chi connectivity index (χ4v) is 11.2. The Kier molecular flexibility index (Phi) is 17.3. The average molecular weight is 1090 g/mol. The summed E-state index contributed by atoms with van der Waals surface area (Å²) in [6.45, 7) is 13.7. The van der Waals surface area contributed by atoms with Crippen LogP contribution in [-0.2, 0) is 32.7 Å². The highest BCUT2D eigenvalue weighted by Gasteiger charge is 2.31. The van der Waals surface area contributed by atoms with Crippen LogP contribution in [0.2, 0.25) is 10.0 Å². The molecule has 0 atom stereocenters. The Bertz CT molecular complexity index is 3260. The summed E-state index contributed by atoms with van der Waals surface area (Å²) in [7, 11) is 1.57. The third kappa shape index (κ3) is 13.2. The van der Waals surface area contributed by atoms with Crippen LogP contribution < -0.4 is 25.7 Å². The number of nitrogens with zero attached hydrogens (tertiary/aromatic N) is 8. The zero-order valence-corrected chi connectivity index (χ0v) is 44.8. The molecular formula is C59H65Cl2F3N10O3. The Morgan fingerprint density at radius 1 is 0.597 bits per heavy atom. The van der Waals surface area contributed by atoms with Crippen molar-refractivity contribution < 1.29 is 27.4 Å². The van der Waals surface area contributed by atoms with Gasteiger partial charge in [-0.3, -0.25) is 19.6 Å². The molecule has 2 aliphatic heterocycles. The quantitative estimate of drug-likeness (QED) is 0.0714. The summed E-state index contributed by atoms with van der Waals surface area (Å²) in [4.78, 5) is 18.6. The molecule has 0 aliphatic carbocycles. The molecule has 4 N–H and O–H groups in total. The molecule has 0 unspecified atom stereocenters. The maximum atomic E-state index is 12.9. The molecule has 2 saturated heterocycles. The minimum absolute atomic E-state index is 0.246. The van der Waals surface area contributed by atoms with E-state index in [1.807, 2.05) is 36.7 Å². The number of benzene rings is 5. The first-order chi connectivity index (χ1) is 37.4. The first kappa shape index (κ1) is 54.2. The third-order valence-electron chi connectivity index (χ3n) is 14.8. The second-order valence-electron chi connectivity index (χ2n) is 19.9. The van der Waals surface area contributed by atoms with E-state index in [4.69, 9.17) is 44.1 Å². The van der Waals surface area contributed by atoms with Crippen molar-refractivity contribution in [3.8, 4) is 50.9 Å². The second-order valence-corrected chi connectivity index (χ2v) is 20.8. The molecule has 10 rings (SSSR count). The van der Waals surface area contributed by atoms with E-state index in [1.165, 1.54) is 34.2 Å². The Labute approximate surface area is 457 Å². The van der Waals surface area contributed by atoms with Crippen molar-refractivity contribution in [2.24, 2.45) is 11.5 Å². The third-order valence-corrected chi connectivity index (χ3v) is 15.3. The van der Waals surface area contributed by atoms with Crippen LogP contribution in [0.5, 0.6) is 17.5 Å². The molecule has 0 spiro atoms. The predicted octanol–water partition coefficient (Wildman–Crippen LogP) is 10.8. The normalized spacial score (nSPS) is 15.2. The van der Waals surface area contributed by atoms with Gasteiger partial charge in [-0.05, 0) is 108 Å². The number of hydrogen-bond acceptors (Lipinski definition) is 11. The van der Waals surface area contributed by atoms with Crippen molar-refractivity contribution >= 4 is 45.0 Å². The summed E-state index contributed by atoms with van der Waals surface area (Å²) in [5.74, 6) is 0.511. The fourth-order valence-electron chi connectivity index (χ4n) is 10.7. The number of methoxy groups -OCH3 is 1. The summed E-state index contributed by atoms with van der Waals surface area (Å²) in [5.41, 5.74) is 23.2. The monoisotopic (exact) mass is 1090 g/mol. The van der Waals surface area contributed by atoms with Gasteiger partial charge in [0, 0.05) is 171 Å². The largest absolute Gasteiger partial charge is 0.573 e. The van der Waals surface area contributed by atoms with E-state index >= 15 is 0 Å². The van der Waals surface area contributed by atoms with Crippen molar-refractivity contribution in [1.29, 1.82) is 0 Å². The van der Waals surface area contributed by atoms with E-state index in [0.717, 1.165) is 160 Å². The minimum atomic E-state index is -4.75. The van der Waals surface area contributed by atoms with E-state index in [9.17, 15) is 13.2 Å². The molecule has 5 heterocycles. The van der Waals surface area contributed by atoms with Gasteiger partial charge in [0.25, 0.3) is 0 Å². The number of aryl methyl sites for hydroxylation is 2. The summed E-state index contributed by atoms with van der Waals surface area (Å²) in [6.07, 6.45) is 4.86. The van der Waals surface area contributed by atoms with Gasteiger partial charge in [-0.2, -0.15) is 0 Å². The molecule has 77 heavy (non-hydrogen) atoms. The Morgan fingerprint density at radius 3 is 1.90 bits per heavy atom.